The highest BCUT2D eigenvalue weighted by molar-refractivity contribution is 6.22. The fourth-order valence-electron chi connectivity index (χ4n) is 3.14. The van der Waals surface area contributed by atoms with Gasteiger partial charge in [0.15, 0.2) is 0 Å². The van der Waals surface area contributed by atoms with Crippen LogP contribution >= 0.6 is 0 Å². The normalized spacial score (nSPS) is 18.0. The molecule has 2 amide bonds. The molecule has 5 heteroatoms. The number of hydrogen-bond acceptors (Lipinski definition) is 3. The van der Waals surface area contributed by atoms with Gasteiger partial charge in [0.05, 0.1) is 12.8 Å². The Bertz CT molecular complexity index is 900. The molecule has 5 nitrogen and oxygen atoms in total. The first-order valence-electron chi connectivity index (χ1n) is 7.56. The summed E-state index contributed by atoms with van der Waals surface area (Å²) in [6, 6.07) is 13.7. The van der Waals surface area contributed by atoms with Crippen LogP contribution in [0.15, 0.2) is 59.6 Å². The molecular weight excluding hydrogens is 304 g/mol. The van der Waals surface area contributed by atoms with Crippen LogP contribution in [0.4, 0.5) is 5.69 Å². The lowest BCUT2D eigenvalue weighted by Gasteiger charge is -2.24. The van der Waals surface area contributed by atoms with E-state index >= 15 is 0 Å². The molecule has 0 saturated heterocycles. The second kappa shape index (κ2) is 5.45. The van der Waals surface area contributed by atoms with Gasteiger partial charge in [-0.3, -0.25) is 14.5 Å². The molecular formula is C19H14N2O3. The van der Waals surface area contributed by atoms with Gasteiger partial charge in [-0.1, -0.05) is 18.2 Å². The fraction of sp³-hybridized carbons (Fsp3) is 0.105. The van der Waals surface area contributed by atoms with E-state index in [1.165, 1.54) is 11.1 Å². The zero-order valence-electron chi connectivity index (χ0n) is 13.0. The van der Waals surface area contributed by atoms with Gasteiger partial charge in [0.1, 0.15) is 11.8 Å². The molecule has 0 bridgehead atoms. The number of carbonyl (C=O) groups is 2. The minimum atomic E-state index is -0.718. The largest absolute Gasteiger partial charge is 0.497 e. The number of carbonyl (C=O) groups excluding carboxylic acids is 2. The molecule has 0 fully saturated rings. The first-order chi connectivity index (χ1) is 11.7. The molecule has 24 heavy (non-hydrogen) atoms. The van der Waals surface area contributed by atoms with Gasteiger partial charge in [-0.2, -0.15) is 0 Å². The van der Waals surface area contributed by atoms with Crippen LogP contribution in [-0.4, -0.2) is 31.2 Å². The van der Waals surface area contributed by atoms with Crippen LogP contribution in [0.1, 0.15) is 15.9 Å². The van der Waals surface area contributed by atoms with Crippen molar-refractivity contribution in [3.8, 4) is 5.75 Å². The Balaban J connectivity index is 1.88. The second-order valence-electron chi connectivity index (χ2n) is 5.57. The van der Waals surface area contributed by atoms with Crippen molar-refractivity contribution in [3.63, 3.8) is 0 Å². The van der Waals surface area contributed by atoms with Crippen molar-refractivity contribution in [3.05, 3.63) is 65.7 Å². The molecule has 1 unspecified atom stereocenters. The Morgan fingerprint density at radius 1 is 1.17 bits per heavy atom. The smallest absolute Gasteiger partial charge is 0.273 e. The van der Waals surface area contributed by atoms with Gasteiger partial charge in [0, 0.05) is 17.3 Å². The number of anilines is 1. The van der Waals surface area contributed by atoms with Crippen LogP contribution in [0.2, 0.25) is 0 Å². The number of nitrogens with zero attached hydrogens (tertiary/aromatic N) is 2. The molecule has 0 N–H and O–H groups in total. The van der Waals surface area contributed by atoms with Crippen LogP contribution in [0, 0.1) is 0 Å². The first-order valence-corrected chi connectivity index (χ1v) is 7.56. The van der Waals surface area contributed by atoms with E-state index in [0.29, 0.717) is 17.0 Å². The van der Waals surface area contributed by atoms with Crippen LogP contribution < -0.4 is 9.64 Å². The van der Waals surface area contributed by atoms with Crippen molar-refractivity contribution in [2.75, 3.05) is 12.0 Å². The van der Waals surface area contributed by atoms with Crippen molar-refractivity contribution >= 4 is 29.3 Å². The number of amides is 2. The van der Waals surface area contributed by atoms with E-state index in [2.05, 4.69) is 4.99 Å². The minimum Gasteiger partial charge on any atom is -0.497 e. The third kappa shape index (κ3) is 2.06. The molecule has 0 saturated carbocycles. The molecule has 0 aliphatic carbocycles. The average molecular weight is 318 g/mol. The highest BCUT2D eigenvalue weighted by Gasteiger charge is 2.43. The Hall–Kier alpha value is -3.21. The number of methoxy groups -OCH3 is 1. The standard InChI is InChI=1S/C19H14N2O3/c1-24-13-7-8-16-15(11-13)14-9-10-20-18(22)17(14)21(16)19(23)12-5-3-2-4-6-12/h2-11,17H,1H3. The summed E-state index contributed by atoms with van der Waals surface area (Å²) in [6.45, 7) is 0. The predicted octanol–water partition coefficient (Wildman–Crippen LogP) is 2.72. The van der Waals surface area contributed by atoms with Gasteiger partial charge in [-0.15, -0.1) is 0 Å². The van der Waals surface area contributed by atoms with Crippen molar-refractivity contribution in [1.29, 1.82) is 0 Å². The summed E-state index contributed by atoms with van der Waals surface area (Å²) in [5, 5.41) is 0. The maximum atomic E-state index is 13.0. The molecule has 2 aliphatic heterocycles. The summed E-state index contributed by atoms with van der Waals surface area (Å²) in [7, 11) is 1.59. The van der Waals surface area contributed by atoms with Crippen LogP contribution in [0.25, 0.3) is 5.57 Å². The molecule has 118 valence electrons. The van der Waals surface area contributed by atoms with E-state index < -0.39 is 6.04 Å². The summed E-state index contributed by atoms with van der Waals surface area (Å²) in [6.07, 6.45) is 3.26. The zero-order valence-corrected chi connectivity index (χ0v) is 13.0. The van der Waals surface area contributed by atoms with Gasteiger partial charge in [0.25, 0.3) is 11.8 Å². The summed E-state index contributed by atoms with van der Waals surface area (Å²) in [5.74, 6) is 0.116. The van der Waals surface area contributed by atoms with E-state index in [1.54, 1.807) is 49.6 Å². The van der Waals surface area contributed by atoms with Crippen LogP contribution in [0.5, 0.6) is 5.75 Å². The molecule has 0 spiro atoms. The third-order valence-corrected chi connectivity index (χ3v) is 4.26. The van der Waals surface area contributed by atoms with Crippen molar-refractivity contribution < 1.29 is 14.3 Å². The predicted molar refractivity (Wildman–Crippen MR) is 91.5 cm³/mol. The highest BCUT2D eigenvalue weighted by Crippen LogP contribution is 2.44. The van der Waals surface area contributed by atoms with Crippen molar-refractivity contribution in [2.24, 2.45) is 4.99 Å². The molecule has 0 radical (unpaired) electrons. The summed E-state index contributed by atoms with van der Waals surface area (Å²) in [4.78, 5) is 30.8. The van der Waals surface area contributed by atoms with Crippen LogP contribution in [0.3, 0.4) is 0 Å². The lowest BCUT2D eigenvalue weighted by Crippen LogP contribution is -2.42. The first kappa shape index (κ1) is 14.4. The Morgan fingerprint density at radius 3 is 2.71 bits per heavy atom. The molecule has 2 aromatic carbocycles. The lowest BCUT2D eigenvalue weighted by atomic mass is 10.00. The van der Waals surface area contributed by atoms with Crippen molar-refractivity contribution in [1.82, 2.24) is 0 Å². The average Bonchev–Trinajstić information content (AvgIpc) is 2.97. The monoisotopic (exact) mass is 318 g/mol. The molecule has 0 aromatic heterocycles. The van der Waals surface area contributed by atoms with E-state index in [1.807, 2.05) is 12.1 Å². The number of ether oxygens (including phenoxy) is 1. The Labute approximate surface area is 138 Å². The molecule has 1 atom stereocenters. The van der Waals surface area contributed by atoms with E-state index in [9.17, 15) is 9.59 Å². The quantitative estimate of drug-likeness (QED) is 0.855. The maximum Gasteiger partial charge on any atom is 0.273 e. The number of benzene rings is 2. The molecule has 2 heterocycles. The number of aliphatic imine (C=N–C) groups is 1. The summed E-state index contributed by atoms with van der Waals surface area (Å²) in [5.41, 5.74) is 2.82. The lowest BCUT2D eigenvalue weighted by molar-refractivity contribution is -0.117. The third-order valence-electron chi connectivity index (χ3n) is 4.26. The fourth-order valence-corrected chi connectivity index (χ4v) is 3.14. The second-order valence-corrected chi connectivity index (χ2v) is 5.57. The van der Waals surface area contributed by atoms with Gasteiger partial charge >= 0.3 is 0 Å². The minimum absolute atomic E-state index is 0.221. The Morgan fingerprint density at radius 2 is 1.96 bits per heavy atom. The number of hydrogen-bond donors (Lipinski definition) is 0. The molecule has 4 rings (SSSR count). The number of dihydropyridines is 1. The summed E-state index contributed by atoms with van der Waals surface area (Å²) >= 11 is 0. The van der Waals surface area contributed by atoms with E-state index in [4.69, 9.17) is 4.74 Å². The Kier molecular flexibility index (Phi) is 3.27. The highest BCUT2D eigenvalue weighted by atomic mass is 16.5. The zero-order chi connectivity index (χ0) is 16.7. The maximum absolute atomic E-state index is 13.0. The van der Waals surface area contributed by atoms with E-state index in [-0.39, 0.29) is 11.8 Å². The summed E-state index contributed by atoms with van der Waals surface area (Å²) < 4.78 is 5.28. The molecule has 2 aliphatic rings. The van der Waals surface area contributed by atoms with Gasteiger partial charge in [0.2, 0.25) is 0 Å². The van der Waals surface area contributed by atoms with Gasteiger partial charge < -0.3 is 4.74 Å². The van der Waals surface area contributed by atoms with Crippen LogP contribution in [-0.2, 0) is 4.79 Å². The number of allylic oxidation sites excluding steroid dienone is 1. The van der Waals surface area contributed by atoms with E-state index in [0.717, 1.165) is 11.1 Å². The topological polar surface area (TPSA) is 59.0 Å². The van der Waals surface area contributed by atoms with Gasteiger partial charge in [-0.25, -0.2) is 4.99 Å². The van der Waals surface area contributed by atoms with Crippen molar-refractivity contribution in [2.45, 2.75) is 6.04 Å². The van der Waals surface area contributed by atoms with Gasteiger partial charge in [-0.05, 0) is 42.0 Å². The number of rotatable bonds is 2. The number of fused-ring (bicyclic) bond motifs is 3. The molecule has 2 aromatic rings. The SMILES string of the molecule is COc1ccc2c(c1)C1=CC=NC(=O)C1N2C(=O)c1ccccc1.